The average Bonchev–Trinajstić information content (AvgIpc) is 2.86. The van der Waals surface area contributed by atoms with Crippen LogP contribution in [0.3, 0.4) is 0 Å². The molecule has 5 nitrogen and oxygen atoms in total. The van der Waals surface area contributed by atoms with Crippen LogP contribution >= 0.6 is 0 Å². The maximum Gasteiger partial charge on any atom is 0.195 e. The fourth-order valence-electron chi connectivity index (χ4n) is 3.55. The van der Waals surface area contributed by atoms with Crippen LogP contribution in [0.5, 0.6) is 17.2 Å². The van der Waals surface area contributed by atoms with Crippen molar-refractivity contribution in [3.05, 3.63) is 82.9 Å². The predicted molar refractivity (Wildman–Crippen MR) is 136 cm³/mol. The molecule has 0 fully saturated rings. The highest BCUT2D eigenvalue weighted by molar-refractivity contribution is 6.12. The molecule has 3 rings (SSSR count). The number of hydrogen-bond donors (Lipinski definition) is 1. The molecule has 0 aliphatic heterocycles. The number of carbonyl (C=O) groups excluding carboxylic acids is 1. The molecule has 34 heavy (non-hydrogen) atoms. The van der Waals surface area contributed by atoms with E-state index in [0.29, 0.717) is 53.1 Å². The van der Waals surface area contributed by atoms with E-state index < -0.39 is 0 Å². The molecule has 1 N–H and O–H groups in total. The molecule has 5 heteroatoms. The fourth-order valence-corrected chi connectivity index (χ4v) is 3.55. The van der Waals surface area contributed by atoms with Crippen LogP contribution in [0, 0.1) is 12.3 Å². The highest BCUT2D eigenvalue weighted by Crippen LogP contribution is 2.30. The first-order valence-corrected chi connectivity index (χ1v) is 11.3. The lowest BCUT2D eigenvalue weighted by Gasteiger charge is -2.15. The number of ether oxygens (including phenoxy) is 3. The van der Waals surface area contributed by atoms with E-state index in [-0.39, 0.29) is 12.4 Å². The number of hydrogen-bond acceptors (Lipinski definition) is 5. The lowest BCUT2D eigenvalue weighted by atomic mass is 9.97. The molecule has 3 aromatic rings. The third kappa shape index (κ3) is 6.11. The lowest BCUT2D eigenvalue weighted by Crippen LogP contribution is -2.09. The standard InChI is InChI=1S/C29H31NO4/c1-6-16-34-24-13-14-26(30-19-21-8-15-27(32-5)28(17-21)33-7-2)25(18-24)29(31)23-11-9-22(10-12-23)20(3)4/h1,8-15,17-18,20,30H,7,16,19H2,2-5H3. The number of carbonyl (C=O) groups is 1. The number of nitrogens with one attached hydrogen (secondary N) is 1. The van der Waals surface area contributed by atoms with Crippen molar-refractivity contribution >= 4 is 11.5 Å². The van der Waals surface area contributed by atoms with Crippen molar-refractivity contribution in [3.8, 4) is 29.6 Å². The highest BCUT2D eigenvalue weighted by atomic mass is 16.5. The van der Waals surface area contributed by atoms with E-state index in [9.17, 15) is 4.79 Å². The lowest BCUT2D eigenvalue weighted by molar-refractivity contribution is 0.103. The summed E-state index contributed by atoms with van der Waals surface area (Å²) in [6, 6.07) is 18.9. The second-order valence-corrected chi connectivity index (χ2v) is 8.08. The Morgan fingerprint density at radius 1 is 1.00 bits per heavy atom. The van der Waals surface area contributed by atoms with Gasteiger partial charge in [-0.1, -0.05) is 50.1 Å². The van der Waals surface area contributed by atoms with E-state index in [4.69, 9.17) is 20.6 Å². The van der Waals surface area contributed by atoms with Crippen LogP contribution in [0.1, 0.15) is 53.7 Å². The minimum absolute atomic E-state index is 0.0892. The molecule has 0 spiro atoms. The molecule has 0 amide bonds. The minimum Gasteiger partial charge on any atom is -0.493 e. The topological polar surface area (TPSA) is 56.8 Å². The second kappa shape index (κ2) is 11.8. The number of benzene rings is 3. The summed E-state index contributed by atoms with van der Waals surface area (Å²) in [7, 11) is 1.62. The van der Waals surface area contributed by atoms with Gasteiger partial charge in [-0.05, 0) is 54.3 Å². The maximum absolute atomic E-state index is 13.4. The average molecular weight is 458 g/mol. The second-order valence-electron chi connectivity index (χ2n) is 8.08. The largest absolute Gasteiger partial charge is 0.493 e. The zero-order valence-corrected chi connectivity index (χ0v) is 20.2. The van der Waals surface area contributed by atoms with E-state index in [1.165, 1.54) is 5.56 Å². The molecule has 0 saturated carbocycles. The molecule has 3 aromatic carbocycles. The van der Waals surface area contributed by atoms with Crippen molar-refractivity contribution in [2.24, 2.45) is 0 Å². The maximum atomic E-state index is 13.4. The Bertz CT molecular complexity index is 1160. The van der Waals surface area contributed by atoms with Gasteiger partial charge in [0.25, 0.3) is 0 Å². The van der Waals surface area contributed by atoms with Gasteiger partial charge in [-0.2, -0.15) is 0 Å². The van der Waals surface area contributed by atoms with Gasteiger partial charge in [-0.25, -0.2) is 0 Å². The Morgan fingerprint density at radius 3 is 2.41 bits per heavy atom. The van der Waals surface area contributed by atoms with Gasteiger partial charge in [0.05, 0.1) is 13.7 Å². The van der Waals surface area contributed by atoms with Gasteiger partial charge in [-0.15, -0.1) is 6.42 Å². The summed E-state index contributed by atoms with van der Waals surface area (Å²) in [4.78, 5) is 13.4. The van der Waals surface area contributed by atoms with Gasteiger partial charge >= 0.3 is 0 Å². The predicted octanol–water partition coefficient (Wildman–Crippen LogP) is 6.07. The van der Waals surface area contributed by atoms with Gasteiger partial charge in [0.2, 0.25) is 0 Å². The van der Waals surface area contributed by atoms with Crippen LogP contribution in [0.25, 0.3) is 0 Å². The van der Waals surface area contributed by atoms with E-state index in [0.717, 1.165) is 5.56 Å². The Labute approximate surface area is 202 Å². The van der Waals surface area contributed by atoms with Crippen molar-refractivity contribution < 1.29 is 19.0 Å². The summed E-state index contributed by atoms with van der Waals surface area (Å²) in [5.41, 5.74) is 4.02. The van der Waals surface area contributed by atoms with Crippen molar-refractivity contribution in [1.29, 1.82) is 0 Å². The van der Waals surface area contributed by atoms with Crippen LogP contribution in [0.4, 0.5) is 5.69 Å². The molecular weight excluding hydrogens is 426 g/mol. The molecule has 0 bridgehead atoms. The molecule has 0 radical (unpaired) electrons. The van der Waals surface area contributed by atoms with Crippen molar-refractivity contribution in [3.63, 3.8) is 0 Å². The van der Waals surface area contributed by atoms with Gasteiger partial charge in [0, 0.05) is 23.4 Å². The number of terminal acetylenes is 1. The fraction of sp³-hybridized carbons (Fsp3) is 0.276. The van der Waals surface area contributed by atoms with Crippen molar-refractivity contribution in [2.45, 2.75) is 33.2 Å². The molecule has 0 unspecified atom stereocenters. The first-order chi connectivity index (χ1) is 16.5. The zero-order valence-electron chi connectivity index (χ0n) is 20.2. The minimum atomic E-state index is -0.0892. The number of rotatable bonds is 11. The number of anilines is 1. The SMILES string of the molecule is C#CCOc1ccc(NCc2ccc(OC)c(OCC)c2)c(C(=O)c2ccc(C(C)C)cc2)c1. The molecule has 0 heterocycles. The summed E-state index contributed by atoms with van der Waals surface area (Å²) >= 11 is 0. The van der Waals surface area contributed by atoms with Crippen LogP contribution in [0.2, 0.25) is 0 Å². The quantitative estimate of drug-likeness (QED) is 0.280. The highest BCUT2D eigenvalue weighted by Gasteiger charge is 2.16. The summed E-state index contributed by atoms with van der Waals surface area (Å²) in [5, 5.41) is 3.39. The van der Waals surface area contributed by atoms with Crippen LogP contribution in [0.15, 0.2) is 60.7 Å². The first kappa shape index (κ1) is 24.7. The van der Waals surface area contributed by atoms with Gasteiger partial charge in [0.15, 0.2) is 17.3 Å². The molecular formula is C29H31NO4. The van der Waals surface area contributed by atoms with Gasteiger partial charge in [-0.3, -0.25) is 4.79 Å². The zero-order chi connectivity index (χ0) is 24.5. The van der Waals surface area contributed by atoms with Crippen molar-refractivity contribution in [2.75, 3.05) is 25.6 Å². The molecule has 176 valence electrons. The summed E-state index contributed by atoms with van der Waals surface area (Å²) < 4.78 is 16.6. The Balaban J connectivity index is 1.89. The Morgan fingerprint density at radius 2 is 1.76 bits per heavy atom. The Hall–Kier alpha value is -3.91. The van der Waals surface area contributed by atoms with Crippen LogP contribution in [-0.2, 0) is 6.54 Å². The van der Waals surface area contributed by atoms with E-state index in [2.05, 4.69) is 25.1 Å². The molecule has 0 aliphatic rings. The van der Waals surface area contributed by atoms with Crippen LogP contribution < -0.4 is 19.5 Å². The molecule has 0 atom stereocenters. The number of methoxy groups -OCH3 is 1. The third-order valence-electron chi connectivity index (χ3n) is 5.41. The third-order valence-corrected chi connectivity index (χ3v) is 5.41. The molecule has 0 aromatic heterocycles. The van der Waals surface area contributed by atoms with Gasteiger partial charge < -0.3 is 19.5 Å². The van der Waals surface area contributed by atoms with Crippen molar-refractivity contribution in [1.82, 2.24) is 0 Å². The van der Waals surface area contributed by atoms with Gasteiger partial charge in [0.1, 0.15) is 12.4 Å². The smallest absolute Gasteiger partial charge is 0.195 e. The first-order valence-electron chi connectivity index (χ1n) is 11.3. The summed E-state index contributed by atoms with van der Waals surface area (Å²) in [6.45, 7) is 7.36. The normalized spacial score (nSPS) is 10.5. The van der Waals surface area contributed by atoms with E-state index >= 15 is 0 Å². The van der Waals surface area contributed by atoms with E-state index in [1.54, 1.807) is 19.2 Å². The Kier molecular flexibility index (Phi) is 8.59. The van der Waals surface area contributed by atoms with E-state index in [1.807, 2.05) is 55.5 Å². The summed E-state index contributed by atoms with van der Waals surface area (Å²) in [5.74, 6) is 4.68. The molecule has 0 saturated heterocycles. The van der Waals surface area contributed by atoms with Crippen LogP contribution in [-0.4, -0.2) is 26.1 Å². The monoisotopic (exact) mass is 457 g/mol. The molecule has 0 aliphatic carbocycles. The summed E-state index contributed by atoms with van der Waals surface area (Å²) in [6.07, 6.45) is 5.33. The number of ketones is 1.